The van der Waals surface area contributed by atoms with E-state index in [9.17, 15) is 9.59 Å². The second kappa shape index (κ2) is 11.3. The zero-order valence-corrected chi connectivity index (χ0v) is 18.5. The van der Waals surface area contributed by atoms with Gasteiger partial charge >= 0.3 is 5.97 Å². The summed E-state index contributed by atoms with van der Waals surface area (Å²) in [7, 11) is 1.26. The van der Waals surface area contributed by atoms with Crippen LogP contribution < -0.4 is 10.1 Å². The number of rotatable bonds is 9. The Balaban J connectivity index is 1.71. The van der Waals surface area contributed by atoms with E-state index in [1.54, 1.807) is 48.5 Å². The molecule has 0 heterocycles. The van der Waals surface area contributed by atoms with Crippen LogP contribution in [0.15, 0.2) is 78.9 Å². The SMILES string of the molecule is COC(=O)[C@@H](COC(C)c1ccccc1)NC(=O)c1ccccc1Oc1ccc(Cl)cc1. The summed E-state index contributed by atoms with van der Waals surface area (Å²) in [6, 6.07) is 22.2. The molecule has 32 heavy (non-hydrogen) atoms. The van der Waals surface area contributed by atoms with Crippen molar-refractivity contribution in [1.29, 1.82) is 0 Å². The summed E-state index contributed by atoms with van der Waals surface area (Å²) in [5.74, 6) is -0.218. The highest BCUT2D eigenvalue weighted by Gasteiger charge is 2.25. The first kappa shape index (κ1) is 23.3. The maximum atomic E-state index is 13.0. The molecule has 0 bridgehead atoms. The molecule has 0 saturated heterocycles. The Kier molecular flexibility index (Phi) is 8.25. The molecule has 166 valence electrons. The molecule has 0 aliphatic carbocycles. The van der Waals surface area contributed by atoms with Gasteiger partial charge < -0.3 is 19.5 Å². The lowest BCUT2D eigenvalue weighted by atomic mass is 10.1. The molecule has 0 radical (unpaired) electrons. The predicted octanol–water partition coefficient (Wildman–Crippen LogP) is 5.18. The number of methoxy groups -OCH3 is 1. The van der Waals surface area contributed by atoms with Gasteiger partial charge in [0.25, 0.3) is 5.91 Å². The Morgan fingerprint density at radius 3 is 2.28 bits per heavy atom. The van der Waals surface area contributed by atoms with Crippen molar-refractivity contribution in [3.8, 4) is 11.5 Å². The zero-order valence-electron chi connectivity index (χ0n) is 17.8. The molecule has 3 aromatic rings. The molecule has 3 rings (SSSR count). The third-order valence-corrected chi connectivity index (χ3v) is 5.00. The van der Waals surface area contributed by atoms with Gasteiger partial charge in [-0.1, -0.05) is 54.1 Å². The Labute approximate surface area is 192 Å². The van der Waals surface area contributed by atoms with E-state index in [0.29, 0.717) is 16.5 Å². The van der Waals surface area contributed by atoms with Crippen LogP contribution in [0.2, 0.25) is 5.02 Å². The summed E-state index contributed by atoms with van der Waals surface area (Å²) in [4.78, 5) is 25.3. The number of nitrogens with one attached hydrogen (secondary N) is 1. The molecule has 1 unspecified atom stereocenters. The van der Waals surface area contributed by atoms with Gasteiger partial charge in [0.05, 0.1) is 25.4 Å². The first-order valence-corrected chi connectivity index (χ1v) is 10.4. The topological polar surface area (TPSA) is 73.9 Å². The van der Waals surface area contributed by atoms with E-state index in [1.807, 2.05) is 37.3 Å². The summed E-state index contributed by atoms with van der Waals surface area (Å²) in [6.07, 6.45) is -0.263. The van der Waals surface area contributed by atoms with Gasteiger partial charge in [-0.3, -0.25) is 4.79 Å². The van der Waals surface area contributed by atoms with Crippen LogP contribution in [0.4, 0.5) is 0 Å². The van der Waals surface area contributed by atoms with Crippen molar-refractivity contribution in [2.45, 2.75) is 19.1 Å². The van der Waals surface area contributed by atoms with Gasteiger partial charge in [-0.25, -0.2) is 4.79 Å². The van der Waals surface area contributed by atoms with Crippen molar-refractivity contribution in [3.05, 3.63) is 95.0 Å². The minimum Gasteiger partial charge on any atom is -0.467 e. The molecule has 0 aromatic heterocycles. The summed E-state index contributed by atoms with van der Waals surface area (Å²) < 4.78 is 16.5. The van der Waals surface area contributed by atoms with Crippen LogP contribution in [0.3, 0.4) is 0 Å². The third kappa shape index (κ3) is 6.33. The number of hydrogen-bond acceptors (Lipinski definition) is 5. The summed E-state index contributed by atoms with van der Waals surface area (Å²) in [5, 5.41) is 3.26. The van der Waals surface area contributed by atoms with E-state index in [4.69, 9.17) is 25.8 Å². The van der Waals surface area contributed by atoms with E-state index in [1.165, 1.54) is 7.11 Å². The lowest BCUT2D eigenvalue weighted by Gasteiger charge is -2.20. The van der Waals surface area contributed by atoms with E-state index in [2.05, 4.69) is 5.32 Å². The van der Waals surface area contributed by atoms with Crippen LogP contribution in [-0.2, 0) is 14.3 Å². The number of para-hydroxylation sites is 1. The van der Waals surface area contributed by atoms with E-state index in [-0.39, 0.29) is 18.3 Å². The Morgan fingerprint density at radius 1 is 0.938 bits per heavy atom. The third-order valence-electron chi connectivity index (χ3n) is 4.75. The van der Waals surface area contributed by atoms with Gasteiger partial charge in [-0.15, -0.1) is 0 Å². The number of benzene rings is 3. The molecule has 0 spiro atoms. The number of ether oxygens (including phenoxy) is 3. The fraction of sp³-hybridized carbons (Fsp3) is 0.200. The molecule has 0 fully saturated rings. The average molecular weight is 454 g/mol. The highest BCUT2D eigenvalue weighted by atomic mass is 35.5. The number of hydrogen-bond donors (Lipinski definition) is 1. The van der Waals surface area contributed by atoms with Gasteiger partial charge in [0.2, 0.25) is 0 Å². The molecule has 0 saturated carbocycles. The normalized spacial score (nSPS) is 12.5. The Bertz CT molecular complexity index is 1040. The molecule has 3 aromatic carbocycles. The largest absolute Gasteiger partial charge is 0.467 e. The molecule has 1 N–H and O–H groups in total. The van der Waals surface area contributed by atoms with E-state index >= 15 is 0 Å². The minimum absolute atomic E-state index is 0.0469. The minimum atomic E-state index is -0.984. The molecule has 7 heteroatoms. The first-order chi connectivity index (χ1) is 15.5. The van der Waals surface area contributed by atoms with Crippen LogP contribution >= 0.6 is 11.6 Å². The van der Waals surface area contributed by atoms with Crippen molar-refractivity contribution in [2.75, 3.05) is 13.7 Å². The molecule has 6 nitrogen and oxygen atoms in total. The zero-order chi connectivity index (χ0) is 22.9. The van der Waals surface area contributed by atoms with Crippen molar-refractivity contribution in [1.82, 2.24) is 5.32 Å². The second-order valence-corrected chi connectivity index (χ2v) is 7.42. The highest BCUT2D eigenvalue weighted by Crippen LogP contribution is 2.26. The van der Waals surface area contributed by atoms with Crippen molar-refractivity contribution >= 4 is 23.5 Å². The quantitative estimate of drug-likeness (QED) is 0.452. The first-order valence-electron chi connectivity index (χ1n) is 10.1. The molecular formula is C25H24ClNO5. The van der Waals surface area contributed by atoms with Crippen LogP contribution in [0.25, 0.3) is 0 Å². The smallest absolute Gasteiger partial charge is 0.330 e. The maximum absolute atomic E-state index is 13.0. The number of amides is 1. The second-order valence-electron chi connectivity index (χ2n) is 6.99. The monoisotopic (exact) mass is 453 g/mol. The molecular weight excluding hydrogens is 430 g/mol. The van der Waals surface area contributed by atoms with Crippen molar-refractivity contribution < 1.29 is 23.8 Å². The Morgan fingerprint density at radius 2 is 1.59 bits per heavy atom. The van der Waals surface area contributed by atoms with Crippen LogP contribution in [0, 0.1) is 0 Å². The van der Waals surface area contributed by atoms with Crippen LogP contribution in [0.5, 0.6) is 11.5 Å². The standard InChI is InChI=1S/C25H24ClNO5/c1-17(18-8-4-3-5-9-18)31-16-22(25(29)30-2)27-24(28)21-10-6-7-11-23(21)32-20-14-12-19(26)13-15-20/h3-15,17,22H,16H2,1-2H3,(H,27,28)/t17?,22-/m1/s1. The van der Waals surface area contributed by atoms with Crippen molar-refractivity contribution in [3.63, 3.8) is 0 Å². The van der Waals surface area contributed by atoms with E-state index in [0.717, 1.165) is 5.56 Å². The highest BCUT2D eigenvalue weighted by molar-refractivity contribution is 6.30. The number of carbonyl (C=O) groups is 2. The van der Waals surface area contributed by atoms with Crippen LogP contribution in [-0.4, -0.2) is 31.6 Å². The number of halogens is 1. The lowest BCUT2D eigenvalue weighted by Crippen LogP contribution is -2.45. The van der Waals surface area contributed by atoms with Crippen molar-refractivity contribution in [2.24, 2.45) is 0 Å². The lowest BCUT2D eigenvalue weighted by molar-refractivity contribution is -0.145. The van der Waals surface area contributed by atoms with Gasteiger partial charge in [0.1, 0.15) is 11.5 Å². The number of carbonyl (C=O) groups excluding carboxylic acids is 2. The van der Waals surface area contributed by atoms with Gasteiger partial charge in [0.15, 0.2) is 6.04 Å². The van der Waals surface area contributed by atoms with Gasteiger partial charge in [-0.2, -0.15) is 0 Å². The summed E-state index contributed by atoms with van der Waals surface area (Å²) >= 11 is 5.91. The number of esters is 1. The van der Waals surface area contributed by atoms with E-state index < -0.39 is 17.9 Å². The molecule has 1 amide bonds. The fourth-order valence-corrected chi connectivity index (χ4v) is 3.11. The fourth-order valence-electron chi connectivity index (χ4n) is 2.98. The summed E-state index contributed by atoms with van der Waals surface area (Å²) in [5.41, 5.74) is 1.23. The molecule has 0 aliphatic rings. The molecule has 2 atom stereocenters. The van der Waals surface area contributed by atoms with Crippen LogP contribution in [0.1, 0.15) is 28.9 Å². The maximum Gasteiger partial charge on any atom is 0.330 e. The predicted molar refractivity (Wildman–Crippen MR) is 122 cm³/mol. The average Bonchev–Trinajstić information content (AvgIpc) is 2.83. The van der Waals surface area contributed by atoms with Gasteiger partial charge in [0, 0.05) is 5.02 Å². The molecule has 0 aliphatic heterocycles. The van der Waals surface area contributed by atoms with Gasteiger partial charge in [-0.05, 0) is 48.9 Å². The Hall–Kier alpha value is -3.35. The summed E-state index contributed by atoms with van der Waals surface area (Å²) in [6.45, 7) is 1.83.